The molecule has 0 unspecified atom stereocenters. The van der Waals surface area contributed by atoms with E-state index in [0.29, 0.717) is 17.1 Å². The molecule has 8 nitrogen and oxygen atoms in total. The standard InChI is InChI=1S/C24H29N5O3S/c1-18-16-19(2)29(26-18)23-9-5-4-8-22(23)25-24(30)17-33(31,32)27-20-10-12-21(13-11-20)28-14-6-3-7-15-28/h4-5,8-13,16,27H,3,6-7,14-15,17H2,1-2H3,(H,25,30). The van der Waals surface area contributed by atoms with E-state index in [4.69, 9.17) is 0 Å². The summed E-state index contributed by atoms with van der Waals surface area (Å²) in [4.78, 5) is 14.9. The number of carbonyl (C=O) groups excluding carboxylic acids is 1. The quantitative estimate of drug-likeness (QED) is 0.550. The molecule has 0 spiro atoms. The van der Waals surface area contributed by atoms with Gasteiger partial charge in [0.1, 0.15) is 5.75 Å². The molecule has 2 aromatic carbocycles. The molecule has 174 valence electrons. The highest BCUT2D eigenvalue weighted by atomic mass is 32.2. The van der Waals surface area contributed by atoms with E-state index >= 15 is 0 Å². The summed E-state index contributed by atoms with van der Waals surface area (Å²) in [6.45, 7) is 5.85. The van der Waals surface area contributed by atoms with Crippen LogP contribution in [-0.2, 0) is 14.8 Å². The molecule has 1 fully saturated rings. The third kappa shape index (κ3) is 5.73. The summed E-state index contributed by atoms with van der Waals surface area (Å²) in [6.07, 6.45) is 3.60. The number of nitrogens with one attached hydrogen (secondary N) is 2. The maximum atomic E-state index is 12.6. The maximum absolute atomic E-state index is 12.6. The summed E-state index contributed by atoms with van der Waals surface area (Å²) in [7, 11) is -3.87. The van der Waals surface area contributed by atoms with Crippen molar-refractivity contribution in [3.8, 4) is 5.69 Å². The van der Waals surface area contributed by atoms with Crippen LogP contribution in [0.5, 0.6) is 0 Å². The molecule has 33 heavy (non-hydrogen) atoms. The van der Waals surface area contributed by atoms with Gasteiger partial charge in [-0.15, -0.1) is 0 Å². The van der Waals surface area contributed by atoms with E-state index < -0.39 is 21.7 Å². The van der Waals surface area contributed by atoms with Crippen molar-refractivity contribution in [3.05, 3.63) is 66.0 Å². The Hall–Kier alpha value is -3.33. The van der Waals surface area contributed by atoms with Gasteiger partial charge in [-0.3, -0.25) is 9.52 Å². The monoisotopic (exact) mass is 467 g/mol. The van der Waals surface area contributed by atoms with Gasteiger partial charge >= 0.3 is 0 Å². The molecule has 1 aromatic heterocycles. The fourth-order valence-corrected chi connectivity index (χ4v) is 5.09. The Bertz CT molecular complexity index is 1230. The number of para-hydroxylation sites is 2. The van der Waals surface area contributed by atoms with Crippen molar-refractivity contribution in [2.24, 2.45) is 0 Å². The number of carbonyl (C=O) groups is 1. The summed E-state index contributed by atoms with van der Waals surface area (Å²) in [5.41, 5.74) is 4.45. The predicted molar refractivity (Wildman–Crippen MR) is 132 cm³/mol. The first kappa shape index (κ1) is 22.8. The molecule has 9 heteroatoms. The highest BCUT2D eigenvalue weighted by molar-refractivity contribution is 7.93. The molecule has 0 atom stereocenters. The van der Waals surface area contributed by atoms with Crippen molar-refractivity contribution in [2.75, 3.05) is 33.8 Å². The van der Waals surface area contributed by atoms with Crippen molar-refractivity contribution in [2.45, 2.75) is 33.1 Å². The lowest BCUT2D eigenvalue weighted by molar-refractivity contribution is -0.113. The van der Waals surface area contributed by atoms with E-state index in [1.54, 1.807) is 28.9 Å². The molecule has 2 N–H and O–H groups in total. The van der Waals surface area contributed by atoms with Crippen LogP contribution in [0.4, 0.5) is 17.1 Å². The number of hydrogen-bond acceptors (Lipinski definition) is 5. The number of benzene rings is 2. The summed E-state index contributed by atoms with van der Waals surface area (Å²) < 4.78 is 29.4. The van der Waals surface area contributed by atoms with Gasteiger partial charge in [0, 0.05) is 30.2 Å². The topological polar surface area (TPSA) is 96.3 Å². The van der Waals surface area contributed by atoms with Crippen LogP contribution in [0.15, 0.2) is 54.6 Å². The Balaban J connectivity index is 1.41. The minimum absolute atomic E-state index is 0.437. The third-order valence-electron chi connectivity index (χ3n) is 5.60. The van der Waals surface area contributed by atoms with Crippen LogP contribution in [0.3, 0.4) is 0 Å². The second-order valence-electron chi connectivity index (χ2n) is 8.36. The molecule has 0 radical (unpaired) electrons. The first-order valence-electron chi connectivity index (χ1n) is 11.1. The van der Waals surface area contributed by atoms with Crippen molar-refractivity contribution in [3.63, 3.8) is 0 Å². The van der Waals surface area contributed by atoms with Gasteiger partial charge in [0.25, 0.3) is 0 Å². The molecule has 3 aromatic rings. The molecule has 1 saturated heterocycles. The molecule has 1 aliphatic heterocycles. The van der Waals surface area contributed by atoms with E-state index in [-0.39, 0.29) is 0 Å². The number of piperidine rings is 1. The van der Waals surface area contributed by atoms with Crippen LogP contribution in [0, 0.1) is 13.8 Å². The SMILES string of the molecule is Cc1cc(C)n(-c2ccccc2NC(=O)CS(=O)(=O)Nc2ccc(N3CCCCC3)cc2)n1. The van der Waals surface area contributed by atoms with Crippen molar-refractivity contribution < 1.29 is 13.2 Å². The van der Waals surface area contributed by atoms with Crippen LogP contribution in [0.25, 0.3) is 5.69 Å². The zero-order valence-corrected chi connectivity index (χ0v) is 19.7. The van der Waals surface area contributed by atoms with Crippen LogP contribution < -0.4 is 14.9 Å². The smallest absolute Gasteiger partial charge is 0.241 e. The van der Waals surface area contributed by atoms with E-state index in [0.717, 1.165) is 30.2 Å². The number of nitrogens with zero attached hydrogens (tertiary/aromatic N) is 3. The highest BCUT2D eigenvalue weighted by Gasteiger charge is 2.19. The second kappa shape index (κ2) is 9.66. The molecule has 2 heterocycles. The molecular formula is C24H29N5O3S. The Labute approximate surface area is 194 Å². The molecule has 0 saturated carbocycles. The number of aryl methyl sites for hydroxylation is 2. The third-order valence-corrected chi connectivity index (χ3v) is 6.79. The molecule has 4 rings (SSSR count). The number of sulfonamides is 1. The van der Waals surface area contributed by atoms with Gasteiger partial charge in [-0.05, 0) is 75.6 Å². The molecular weight excluding hydrogens is 438 g/mol. The average Bonchev–Trinajstić information content (AvgIpc) is 3.12. The molecule has 1 amide bonds. The Morgan fingerprint density at radius 1 is 1.00 bits per heavy atom. The van der Waals surface area contributed by atoms with E-state index in [9.17, 15) is 13.2 Å². The van der Waals surface area contributed by atoms with Gasteiger partial charge in [-0.25, -0.2) is 13.1 Å². The normalized spacial score (nSPS) is 14.2. The zero-order chi connectivity index (χ0) is 23.4. The van der Waals surface area contributed by atoms with E-state index in [1.165, 1.54) is 19.3 Å². The minimum Gasteiger partial charge on any atom is -0.372 e. The van der Waals surface area contributed by atoms with Gasteiger partial charge in [0.2, 0.25) is 15.9 Å². The van der Waals surface area contributed by atoms with Crippen molar-refractivity contribution >= 4 is 33.0 Å². The first-order valence-corrected chi connectivity index (χ1v) is 12.7. The number of aromatic nitrogens is 2. The largest absolute Gasteiger partial charge is 0.372 e. The zero-order valence-electron chi connectivity index (χ0n) is 18.9. The second-order valence-corrected chi connectivity index (χ2v) is 10.1. The first-order chi connectivity index (χ1) is 15.8. The summed E-state index contributed by atoms with van der Waals surface area (Å²) >= 11 is 0. The van der Waals surface area contributed by atoms with Crippen LogP contribution in [0.1, 0.15) is 30.7 Å². The van der Waals surface area contributed by atoms with Crippen LogP contribution >= 0.6 is 0 Å². The number of rotatable bonds is 7. The lowest BCUT2D eigenvalue weighted by atomic mass is 10.1. The number of hydrogen-bond donors (Lipinski definition) is 2. The van der Waals surface area contributed by atoms with Crippen molar-refractivity contribution in [1.82, 2.24) is 9.78 Å². The van der Waals surface area contributed by atoms with Crippen molar-refractivity contribution in [1.29, 1.82) is 0 Å². The summed E-state index contributed by atoms with van der Waals surface area (Å²) in [5, 5.41) is 7.16. The fraction of sp³-hybridized carbons (Fsp3) is 0.333. The number of anilines is 3. The average molecular weight is 468 g/mol. The van der Waals surface area contributed by atoms with Gasteiger partial charge < -0.3 is 10.2 Å². The van der Waals surface area contributed by atoms with Crippen LogP contribution in [0.2, 0.25) is 0 Å². The Morgan fingerprint density at radius 3 is 2.36 bits per heavy atom. The molecule has 1 aliphatic rings. The molecule has 0 bridgehead atoms. The summed E-state index contributed by atoms with van der Waals surface area (Å²) in [6, 6.07) is 16.4. The van der Waals surface area contributed by atoms with Crippen LogP contribution in [-0.4, -0.2) is 42.9 Å². The van der Waals surface area contributed by atoms with Gasteiger partial charge in [-0.2, -0.15) is 5.10 Å². The Morgan fingerprint density at radius 2 is 1.70 bits per heavy atom. The number of amides is 1. The Kier molecular flexibility index (Phi) is 6.69. The molecule has 0 aliphatic carbocycles. The lowest BCUT2D eigenvalue weighted by Gasteiger charge is -2.28. The minimum atomic E-state index is -3.87. The fourth-order valence-electron chi connectivity index (χ4n) is 4.10. The van der Waals surface area contributed by atoms with E-state index in [2.05, 4.69) is 20.0 Å². The lowest BCUT2D eigenvalue weighted by Crippen LogP contribution is -2.29. The van der Waals surface area contributed by atoms with Gasteiger partial charge in [0.05, 0.1) is 17.1 Å². The van der Waals surface area contributed by atoms with E-state index in [1.807, 2.05) is 44.2 Å². The predicted octanol–water partition coefficient (Wildman–Crippen LogP) is 3.86. The van der Waals surface area contributed by atoms with Gasteiger partial charge in [-0.1, -0.05) is 12.1 Å². The maximum Gasteiger partial charge on any atom is 0.241 e. The van der Waals surface area contributed by atoms with Gasteiger partial charge in [0.15, 0.2) is 0 Å². The summed E-state index contributed by atoms with van der Waals surface area (Å²) in [5.74, 6) is -1.31. The highest BCUT2D eigenvalue weighted by Crippen LogP contribution is 2.23.